The highest BCUT2D eigenvalue weighted by molar-refractivity contribution is 6.31. The molecule has 0 radical (unpaired) electrons. The molecule has 1 aromatic heterocycles. The SMILES string of the molecule is Cc1nn(CCNC(=O)CC[C@@H]2CCCCN2C)c(C)c1Cl. The van der Waals surface area contributed by atoms with Crippen LogP contribution in [0.25, 0.3) is 0 Å². The van der Waals surface area contributed by atoms with Gasteiger partial charge in [-0.3, -0.25) is 9.48 Å². The van der Waals surface area contributed by atoms with Gasteiger partial charge in [-0.25, -0.2) is 0 Å². The number of hydrogen-bond acceptors (Lipinski definition) is 3. The highest BCUT2D eigenvalue weighted by Crippen LogP contribution is 2.19. The number of carbonyl (C=O) groups excluding carboxylic acids is 1. The Hall–Kier alpha value is -1.07. The summed E-state index contributed by atoms with van der Waals surface area (Å²) in [5.41, 5.74) is 1.79. The van der Waals surface area contributed by atoms with Crippen LogP contribution in [0.3, 0.4) is 0 Å². The third-order valence-electron chi connectivity index (χ3n) is 4.57. The zero-order valence-corrected chi connectivity index (χ0v) is 14.6. The summed E-state index contributed by atoms with van der Waals surface area (Å²) in [5.74, 6) is 0.131. The Morgan fingerprint density at radius 1 is 1.41 bits per heavy atom. The van der Waals surface area contributed by atoms with E-state index in [4.69, 9.17) is 11.6 Å². The second-order valence-electron chi connectivity index (χ2n) is 6.23. The van der Waals surface area contributed by atoms with Crippen LogP contribution < -0.4 is 5.32 Å². The predicted molar refractivity (Wildman–Crippen MR) is 89.2 cm³/mol. The molecule has 124 valence electrons. The molecule has 6 heteroatoms. The molecule has 5 nitrogen and oxygen atoms in total. The standard InChI is InChI=1S/C16H27ClN4O/c1-12-16(17)13(2)21(19-12)11-9-18-15(22)8-7-14-6-4-5-10-20(14)3/h14H,4-11H2,1-3H3,(H,18,22)/t14-/m0/s1. The molecule has 1 aliphatic heterocycles. The Bertz CT molecular complexity index is 514. The maximum atomic E-state index is 12.0. The van der Waals surface area contributed by atoms with Gasteiger partial charge < -0.3 is 10.2 Å². The molecule has 1 aliphatic rings. The van der Waals surface area contributed by atoms with Crippen molar-refractivity contribution in [2.75, 3.05) is 20.1 Å². The maximum Gasteiger partial charge on any atom is 0.220 e. The Balaban J connectivity index is 1.68. The molecule has 2 heterocycles. The first kappa shape index (κ1) is 17.3. The van der Waals surface area contributed by atoms with Crippen LogP contribution in [-0.2, 0) is 11.3 Å². The zero-order chi connectivity index (χ0) is 16.1. The number of halogens is 1. The fraction of sp³-hybridized carbons (Fsp3) is 0.750. The van der Waals surface area contributed by atoms with E-state index in [1.54, 1.807) is 0 Å². The molecular weight excluding hydrogens is 300 g/mol. The summed E-state index contributed by atoms with van der Waals surface area (Å²) in [6, 6.07) is 0.564. The van der Waals surface area contributed by atoms with Gasteiger partial charge >= 0.3 is 0 Å². The van der Waals surface area contributed by atoms with E-state index in [0.717, 1.165) is 24.4 Å². The molecule has 1 amide bonds. The number of amides is 1. The summed E-state index contributed by atoms with van der Waals surface area (Å²) >= 11 is 6.11. The first-order valence-electron chi connectivity index (χ1n) is 8.15. The summed E-state index contributed by atoms with van der Waals surface area (Å²) in [7, 11) is 2.16. The lowest BCUT2D eigenvalue weighted by molar-refractivity contribution is -0.121. The summed E-state index contributed by atoms with van der Waals surface area (Å²) in [6.07, 6.45) is 5.34. The van der Waals surface area contributed by atoms with Crippen molar-refractivity contribution in [3.8, 4) is 0 Å². The van der Waals surface area contributed by atoms with Crippen molar-refractivity contribution < 1.29 is 4.79 Å². The van der Waals surface area contributed by atoms with Crippen molar-refractivity contribution in [2.45, 2.75) is 58.5 Å². The van der Waals surface area contributed by atoms with E-state index in [1.165, 1.54) is 19.3 Å². The van der Waals surface area contributed by atoms with Crippen molar-refractivity contribution in [1.82, 2.24) is 20.0 Å². The predicted octanol–water partition coefficient (Wildman–Crippen LogP) is 2.53. The van der Waals surface area contributed by atoms with E-state index in [-0.39, 0.29) is 5.91 Å². The van der Waals surface area contributed by atoms with Gasteiger partial charge in [0.05, 0.1) is 23.0 Å². The lowest BCUT2D eigenvalue weighted by atomic mass is 9.98. The molecule has 1 atom stereocenters. The van der Waals surface area contributed by atoms with Crippen LogP contribution in [0.1, 0.15) is 43.5 Å². The Morgan fingerprint density at radius 3 is 2.82 bits per heavy atom. The summed E-state index contributed by atoms with van der Waals surface area (Å²) in [6.45, 7) is 6.26. The molecule has 1 aromatic rings. The van der Waals surface area contributed by atoms with Gasteiger partial charge in [0.1, 0.15) is 0 Å². The molecule has 0 bridgehead atoms. The van der Waals surface area contributed by atoms with Gasteiger partial charge in [0, 0.05) is 19.0 Å². The number of aryl methyl sites for hydroxylation is 1. The van der Waals surface area contributed by atoms with Gasteiger partial charge in [-0.05, 0) is 46.7 Å². The first-order valence-corrected chi connectivity index (χ1v) is 8.53. The average Bonchev–Trinajstić information content (AvgIpc) is 2.74. The van der Waals surface area contributed by atoms with Crippen LogP contribution >= 0.6 is 11.6 Å². The van der Waals surface area contributed by atoms with Crippen LogP contribution in [0.4, 0.5) is 0 Å². The molecule has 2 rings (SSSR count). The number of nitrogens with zero attached hydrogens (tertiary/aromatic N) is 3. The monoisotopic (exact) mass is 326 g/mol. The lowest BCUT2D eigenvalue weighted by Gasteiger charge is -2.32. The largest absolute Gasteiger partial charge is 0.354 e. The van der Waals surface area contributed by atoms with Gasteiger partial charge in [-0.1, -0.05) is 18.0 Å². The minimum atomic E-state index is 0.131. The number of nitrogens with one attached hydrogen (secondary N) is 1. The molecule has 0 aliphatic carbocycles. The smallest absolute Gasteiger partial charge is 0.220 e. The van der Waals surface area contributed by atoms with E-state index in [9.17, 15) is 4.79 Å². The minimum Gasteiger partial charge on any atom is -0.354 e. The normalized spacial score (nSPS) is 19.4. The van der Waals surface area contributed by atoms with Crippen molar-refractivity contribution in [3.05, 3.63) is 16.4 Å². The summed E-state index contributed by atoms with van der Waals surface area (Å²) < 4.78 is 1.85. The van der Waals surface area contributed by atoms with Crippen LogP contribution in [0.15, 0.2) is 0 Å². The number of piperidine rings is 1. The fourth-order valence-corrected chi connectivity index (χ4v) is 3.22. The molecule has 0 saturated carbocycles. The zero-order valence-electron chi connectivity index (χ0n) is 13.9. The fourth-order valence-electron chi connectivity index (χ4n) is 3.09. The van der Waals surface area contributed by atoms with Crippen LogP contribution in [0.5, 0.6) is 0 Å². The van der Waals surface area contributed by atoms with Gasteiger partial charge in [-0.15, -0.1) is 0 Å². The van der Waals surface area contributed by atoms with Crippen LogP contribution in [0, 0.1) is 13.8 Å². The Kier molecular flexibility index (Phi) is 6.26. The average molecular weight is 327 g/mol. The topological polar surface area (TPSA) is 50.2 Å². The van der Waals surface area contributed by atoms with Gasteiger partial charge in [0.2, 0.25) is 5.91 Å². The van der Waals surface area contributed by atoms with Crippen molar-refractivity contribution in [1.29, 1.82) is 0 Å². The quantitative estimate of drug-likeness (QED) is 0.874. The summed E-state index contributed by atoms with van der Waals surface area (Å²) in [4.78, 5) is 14.3. The van der Waals surface area contributed by atoms with E-state index in [2.05, 4.69) is 22.4 Å². The number of rotatable bonds is 6. The van der Waals surface area contributed by atoms with Gasteiger partial charge in [0.25, 0.3) is 0 Å². The minimum absolute atomic E-state index is 0.131. The number of hydrogen-bond donors (Lipinski definition) is 1. The van der Waals surface area contributed by atoms with Crippen molar-refractivity contribution in [3.63, 3.8) is 0 Å². The first-order chi connectivity index (χ1) is 10.5. The second kappa shape index (κ2) is 7.97. The number of carbonyl (C=O) groups is 1. The lowest BCUT2D eigenvalue weighted by Crippen LogP contribution is -2.37. The highest BCUT2D eigenvalue weighted by atomic mass is 35.5. The van der Waals surface area contributed by atoms with Gasteiger partial charge in [0.15, 0.2) is 0 Å². The van der Waals surface area contributed by atoms with Crippen LogP contribution in [-0.4, -0.2) is 46.8 Å². The van der Waals surface area contributed by atoms with Crippen molar-refractivity contribution in [2.24, 2.45) is 0 Å². The number of likely N-dealkylation sites (tertiary alicyclic amines) is 1. The molecule has 1 fully saturated rings. The number of aromatic nitrogens is 2. The van der Waals surface area contributed by atoms with E-state index in [1.807, 2.05) is 18.5 Å². The maximum absolute atomic E-state index is 12.0. The highest BCUT2D eigenvalue weighted by Gasteiger charge is 2.19. The van der Waals surface area contributed by atoms with E-state index >= 15 is 0 Å². The Labute approximate surface area is 138 Å². The molecule has 1 N–H and O–H groups in total. The Morgan fingerprint density at radius 2 is 2.18 bits per heavy atom. The van der Waals surface area contributed by atoms with E-state index < -0.39 is 0 Å². The molecule has 0 unspecified atom stereocenters. The molecule has 1 saturated heterocycles. The van der Waals surface area contributed by atoms with Crippen molar-refractivity contribution >= 4 is 17.5 Å². The molecule has 0 spiro atoms. The third kappa shape index (κ3) is 4.46. The van der Waals surface area contributed by atoms with Gasteiger partial charge in [-0.2, -0.15) is 5.10 Å². The molecule has 22 heavy (non-hydrogen) atoms. The summed E-state index contributed by atoms with van der Waals surface area (Å²) in [5, 5.41) is 8.06. The second-order valence-corrected chi connectivity index (χ2v) is 6.60. The third-order valence-corrected chi connectivity index (χ3v) is 5.11. The van der Waals surface area contributed by atoms with E-state index in [0.29, 0.717) is 30.6 Å². The van der Waals surface area contributed by atoms with Crippen LogP contribution in [0.2, 0.25) is 5.02 Å². The molecular formula is C16H27ClN4O. The molecule has 0 aromatic carbocycles.